The molecule has 0 amide bonds. The fourth-order valence-corrected chi connectivity index (χ4v) is 3.87. The quantitative estimate of drug-likeness (QED) is 0.261. The summed E-state index contributed by atoms with van der Waals surface area (Å²) in [5.74, 6) is 1.69. The van der Waals surface area contributed by atoms with E-state index in [1.54, 1.807) is 0 Å². The van der Waals surface area contributed by atoms with Gasteiger partial charge in [0.25, 0.3) is 0 Å². The van der Waals surface area contributed by atoms with Gasteiger partial charge in [0.1, 0.15) is 0 Å². The number of ether oxygens (including phenoxy) is 2. The van der Waals surface area contributed by atoms with Crippen LogP contribution in [-0.2, 0) is 9.47 Å². The molecule has 0 aromatic heterocycles. The summed E-state index contributed by atoms with van der Waals surface area (Å²) in [5, 5.41) is 3.50. The first kappa shape index (κ1) is 24.2. The third-order valence-corrected chi connectivity index (χ3v) is 5.60. The summed E-state index contributed by atoms with van der Waals surface area (Å²) in [4.78, 5) is 9.29. The Morgan fingerprint density at radius 2 is 1.97 bits per heavy atom. The van der Waals surface area contributed by atoms with E-state index in [2.05, 4.69) is 51.3 Å². The average Bonchev–Trinajstić information content (AvgIpc) is 2.74. The van der Waals surface area contributed by atoms with Gasteiger partial charge in [-0.1, -0.05) is 12.1 Å². The van der Waals surface area contributed by atoms with E-state index in [-0.39, 0.29) is 24.0 Å². The van der Waals surface area contributed by atoms with Crippen LogP contribution in [0.25, 0.3) is 0 Å². The fourth-order valence-electron chi connectivity index (χ4n) is 3.87. The number of benzene rings is 1. The highest BCUT2D eigenvalue weighted by atomic mass is 127. The lowest BCUT2D eigenvalue weighted by Crippen LogP contribution is -2.52. The van der Waals surface area contributed by atoms with E-state index < -0.39 is 0 Å². The number of aryl methyl sites for hydroxylation is 1. The molecule has 0 aliphatic carbocycles. The summed E-state index contributed by atoms with van der Waals surface area (Å²) in [5.41, 5.74) is 2.64. The second-order valence-corrected chi connectivity index (χ2v) is 7.77. The highest BCUT2D eigenvalue weighted by molar-refractivity contribution is 14.0. The molecule has 0 atom stereocenters. The fraction of sp³-hybridized carbons (Fsp3) is 0.682. The molecule has 0 bridgehead atoms. The lowest BCUT2D eigenvalue weighted by molar-refractivity contribution is 0.0203. The van der Waals surface area contributed by atoms with Crippen LogP contribution in [-0.4, -0.2) is 77.1 Å². The largest absolute Gasteiger partial charge is 0.381 e. The first-order valence-corrected chi connectivity index (χ1v) is 10.7. The zero-order chi connectivity index (χ0) is 19.6. The van der Waals surface area contributed by atoms with Crippen LogP contribution in [0.2, 0.25) is 0 Å². The van der Waals surface area contributed by atoms with E-state index in [0.29, 0.717) is 5.92 Å². The molecule has 0 radical (unpaired) electrons. The maximum Gasteiger partial charge on any atom is 0.193 e. The molecule has 1 N–H and O–H groups in total. The number of piperazine rings is 1. The van der Waals surface area contributed by atoms with Gasteiger partial charge in [-0.3, -0.25) is 4.99 Å². The Morgan fingerprint density at radius 1 is 1.21 bits per heavy atom. The highest BCUT2D eigenvalue weighted by Crippen LogP contribution is 2.18. The standard InChI is InChI=1S/C22H36N4O2.HI/c1-19-5-3-6-21(17-19)25-10-12-26(13-11-25)22(23-2)24-9-4-14-28-18-20-7-15-27-16-8-20;/h3,5-6,17,20H,4,7-16,18H2,1-2H3,(H,23,24);1H. The summed E-state index contributed by atoms with van der Waals surface area (Å²) in [6.07, 6.45) is 3.28. The van der Waals surface area contributed by atoms with E-state index in [0.717, 1.165) is 84.4 Å². The highest BCUT2D eigenvalue weighted by Gasteiger charge is 2.19. The molecule has 2 fully saturated rings. The zero-order valence-electron chi connectivity index (χ0n) is 17.9. The van der Waals surface area contributed by atoms with Crippen molar-refractivity contribution < 1.29 is 9.47 Å². The van der Waals surface area contributed by atoms with Crippen LogP contribution in [0.5, 0.6) is 0 Å². The van der Waals surface area contributed by atoms with Crippen molar-refractivity contribution in [2.45, 2.75) is 26.2 Å². The maximum absolute atomic E-state index is 5.85. The van der Waals surface area contributed by atoms with Gasteiger partial charge in [-0.05, 0) is 49.8 Å². The molecular weight excluding hydrogens is 479 g/mol. The second kappa shape index (κ2) is 13.3. The van der Waals surface area contributed by atoms with Gasteiger partial charge >= 0.3 is 0 Å². The number of guanidine groups is 1. The maximum atomic E-state index is 5.85. The van der Waals surface area contributed by atoms with Crippen LogP contribution >= 0.6 is 24.0 Å². The molecule has 2 heterocycles. The number of nitrogens with one attached hydrogen (secondary N) is 1. The van der Waals surface area contributed by atoms with Crippen LogP contribution in [0, 0.1) is 12.8 Å². The number of rotatable bonds is 7. The lowest BCUT2D eigenvalue weighted by atomic mass is 10.0. The topological polar surface area (TPSA) is 49.3 Å². The normalized spacial score (nSPS) is 18.5. The van der Waals surface area contributed by atoms with Gasteiger partial charge in [0.05, 0.1) is 0 Å². The van der Waals surface area contributed by atoms with Crippen LogP contribution in [0.3, 0.4) is 0 Å². The molecule has 0 saturated carbocycles. The third-order valence-electron chi connectivity index (χ3n) is 5.60. The van der Waals surface area contributed by atoms with Crippen molar-refractivity contribution in [3.63, 3.8) is 0 Å². The van der Waals surface area contributed by atoms with E-state index >= 15 is 0 Å². The number of aliphatic imine (C=N–C) groups is 1. The molecule has 1 aromatic rings. The summed E-state index contributed by atoms with van der Waals surface area (Å²) in [6.45, 7) is 10.6. The van der Waals surface area contributed by atoms with Gasteiger partial charge in [0.2, 0.25) is 0 Å². The molecule has 7 heteroatoms. The molecule has 164 valence electrons. The van der Waals surface area contributed by atoms with Crippen molar-refractivity contribution in [3.8, 4) is 0 Å². The van der Waals surface area contributed by atoms with Gasteiger partial charge in [-0.15, -0.1) is 24.0 Å². The zero-order valence-corrected chi connectivity index (χ0v) is 20.3. The lowest BCUT2D eigenvalue weighted by Gasteiger charge is -2.37. The number of anilines is 1. The predicted molar refractivity (Wildman–Crippen MR) is 131 cm³/mol. The summed E-state index contributed by atoms with van der Waals surface area (Å²) < 4.78 is 11.2. The Hall–Kier alpha value is -1.06. The van der Waals surface area contributed by atoms with Gasteiger partial charge in [-0.2, -0.15) is 0 Å². The summed E-state index contributed by atoms with van der Waals surface area (Å²) in [6, 6.07) is 8.76. The minimum atomic E-state index is 0. The Bertz CT molecular complexity index is 615. The second-order valence-electron chi connectivity index (χ2n) is 7.77. The average molecular weight is 516 g/mol. The van der Waals surface area contributed by atoms with E-state index in [1.807, 2.05) is 7.05 Å². The molecule has 0 spiro atoms. The number of halogens is 1. The Labute approximate surface area is 193 Å². The van der Waals surface area contributed by atoms with E-state index in [9.17, 15) is 0 Å². The van der Waals surface area contributed by atoms with Crippen LogP contribution in [0.4, 0.5) is 5.69 Å². The van der Waals surface area contributed by atoms with Crippen molar-refractivity contribution in [3.05, 3.63) is 29.8 Å². The summed E-state index contributed by atoms with van der Waals surface area (Å²) in [7, 11) is 1.87. The van der Waals surface area contributed by atoms with Crippen LogP contribution in [0.1, 0.15) is 24.8 Å². The number of nitrogens with zero attached hydrogens (tertiary/aromatic N) is 3. The molecule has 29 heavy (non-hydrogen) atoms. The number of hydrogen-bond donors (Lipinski definition) is 1. The molecule has 1 aromatic carbocycles. The SMILES string of the molecule is CN=C(NCCCOCC1CCOCC1)N1CCN(c2cccc(C)c2)CC1.I. The van der Waals surface area contributed by atoms with Gasteiger partial charge in [0.15, 0.2) is 5.96 Å². The Balaban J connectivity index is 0.00000300. The van der Waals surface area contributed by atoms with E-state index in [4.69, 9.17) is 9.47 Å². The molecule has 2 saturated heterocycles. The van der Waals surface area contributed by atoms with Crippen molar-refractivity contribution in [1.29, 1.82) is 0 Å². The van der Waals surface area contributed by atoms with Crippen LogP contribution in [0.15, 0.2) is 29.3 Å². The molecule has 0 unspecified atom stereocenters. The molecular formula is C22H37IN4O2. The van der Waals surface area contributed by atoms with Gasteiger partial charge in [0, 0.05) is 71.9 Å². The van der Waals surface area contributed by atoms with Crippen molar-refractivity contribution >= 4 is 35.6 Å². The smallest absolute Gasteiger partial charge is 0.193 e. The Kier molecular flexibility index (Phi) is 11.1. The third kappa shape index (κ3) is 7.94. The van der Waals surface area contributed by atoms with Gasteiger partial charge in [-0.25, -0.2) is 0 Å². The van der Waals surface area contributed by atoms with E-state index in [1.165, 1.54) is 11.3 Å². The van der Waals surface area contributed by atoms with Crippen molar-refractivity contribution in [2.24, 2.45) is 10.9 Å². The minimum absolute atomic E-state index is 0. The first-order chi connectivity index (χ1) is 13.8. The molecule has 6 nitrogen and oxygen atoms in total. The minimum Gasteiger partial charge on any atom is -0.381 e. The monoisotopic (exact) mass is 516 g/mol. The molecule has 2 aliphatic heterocycles. The van der Waals surface area contributed by atoms with Crippen molar-refractivity contribution in [1.82, 2.24) is 10.2 Å². The molecule has 3 rings (SSSR count). The van der Waals surface area contributed by atoms with Crippen LogP contribution < -0.4 is 10.2 Å². The summed E-state index contributed by atoms with van der Waals surface area (Å²) >= 11 is 0. The Morgan fingerprint density at radius 3 is 2.66 bits per heavy atom. The number of hydrogen-bond acceptors (Lipinski definition) is 4. The predicted octanol–water partition coefficient (Wildman–Crippen LogP) is 3.14. The first-order valence-electron chi connectivity index (χ1n) is 10.7. The van der Waals surface area contributed by atoms with Gasteiger partial charge < -0.3 is 24.6 Å². The molecule has 2 aliphatic rings. The van der Waals surface area contributed by atoms with Crippen molar-refractivity contribution in [2.75, 3.05) is 71.1 Å².